The number of aromatic amines is 2. The molecular formula is C48H38N4O16S4. The van der Waals surface area contributed by atoms with Crippen LogP contribution in [0.4, 0.5) is 0 Å². The summed E-state index contributed by atoms with van der Waals surface area (Å²) in [6, 6.07) is 26.1. The molecule has 0 radical (unpaired) electrons. The van der Waals surface area contributed by atoms with Crippen LogP contribution < -0.4 is 18.9 Å². The Balaban J connectivity index is 1.48. The highest BCUT2D eigenvalue weighted by Crippen LogP contribution is 2.43. The molecule has 0 amide bonds. The minimum atomic E-state index is -4.83. The lowest BCUT2D eigenvalue weighted by atomic mass is 10.0. The molecule has 7 aromatic rings. The van der Waals surface area contributed by atoms with E-state index in [0.29, 0.717) is 124 Å². The van der Waals surface area contributed by atoms with Crippen molar-refractivity contribution >= 4 is 90.7 Å². The van der Waals surface area contributed by atoms with Crippen molar-refractivity contribution < 1.29 is 74.1 Å². The maximum Gasteiger partial charge on any atom is 0.298 e. The second-order valence-corrected chi connectivity index (χ2v) is 19.6. The first-order valence-corrected chi connectivity index (χ1v) is 25.2. The molecule has 370 valence electrons. The lowest BCUT2D eigenvalue weighted by Crippen LogP contribution is -2.02. The molecule has 0 aliphatic carbocycles. The van der Waals surface area contributed by atoms with Crippen LogP contribution in [0.3, 0.4) is 0 Å². The zero-order valence-corrected chi connectivity index (χ0v) is 41.0. The summed E-state index contributed by atoms with van der Waals surface area (Å²) in [5.41, 5.74) is 6.93. The Morgan fingerprint density at radius 1 is 0.431 bits per heavy atom. The summed E-state index contributed by atoms with van der Waals surface area (Å²) in [6.45, 7) is 0. The molecule has 72 heavy (non-hydrogen) atoms. The zero-order chi connectivity index (χ0) is 50.9. The van der Waals surface area contributed by atoms with Gasteiger partial charge < -0.3 is 28.9 Å². The minimum absolute atomic E-state index is 0.114. The Morgan fingerprint density at radius 2 is 0.722 bits per heavy atom. The number of H-pyrrole nitrogens is 2. The van der Waals surface area contributed by atoms with Gasteiger partial charge in [0.2, 0.25) is 0 Å². The van der Waals surface area contributed by atoms with Crippen LogP contribution in [0, 0.1) is 0 Å². The van der Waals surface area contributed by atoms with Crippen molar-refractivity contribution in [2.45, 2.75) is 19.6 Å². The van der Waals surface area contributed by atoms with Crippen molar-refractivity contribution in [2.75, 3.05) is 28.4 Å². The van der Waals surface area contributed by atoms with Gasteiger partial charge in [-0.25, -0.2) is 20.5 Å². The van der Waals surface area contributed by atoms with Gasteiger partial charge in [0.1, 0.15) is 32.8 Å². The van der Waals surface area contributed by atoms with E-state index in [0.717, 1.165) is 0 Å². The fourth-order valence-corrected chi connectivity index (χ4v) is 10.8. The standard InChI is InChI=1S/C48H38N4O16S4/c1-61-37-17-5-25(21-41(37)69-67-65-53)45-29-9-10-30(49-29)46(26-6-18-38(62-2)42(22-26)70-68-66-54)32-12-14-34(51-32)48(28-8-20-40(64-4)44(24-28)72(58,59)60)36-16-15-35(52-36)47(33-13-11-31(45)50-33)27-7-19-39(63-3)43(23-27)71(55,56)57/h5-24,49,52-54H,1-4H3,(H,55,56,57)(H,58,59,60). The Kier molecular flexibility index (Phi) is 14.3. The Hall–Kier alpha value is -7.04. The van der Waals surface area contributed by atoms with Gasteiger partial charge in [-0.15, -0.1) is 8.67 Å². The number of ether oxygens (including phenoxy) is 4. The van der Waals surface area contributed by atoms with Crippen molar-refractivity contribution in [3.8, 4) is 67.5 Å². The first-order chi connectivity index (χ1) is 34.7. The number of rotatable bonds is 16. The summed E-state index contributed by atoms with van der Waals surface area (Å²) in [4.78, 5) is 17.2. The van der Waals surface area contributed by atoms with Crippen LogP contribution >= 0.6 is 24.1 Å². The molecule has 6 N–H and O–H groups in total. The van der Waals surface area contributed by atoms with E-state index in [9.17, 15) is 25.9 Å². The number of fused-ring (bicyclic) bond motifs is 8. The van der Waals surface area contributed by atoms with Gasteiger partial charge in [0.25, 0.3) is 20.2 Å². The predicted octanol–water partition coefficient (Wildman–Crippen LogP) is 10.7. The molecule has 8 bridgehead atoms. The van der Waals surface area contributed by atoms with E-state index < -0.39 is 30.0 Å². The van der Waals surface area contributed by atoms with E-state index in [4.69, 9.17) is 48.1 Å². The van der Waals surface area contributed by atoms with Crippen LogP contribution in [0.2, 0.25) is 0 Å². The minimum Gasteiger partial charge on any atom is -0.495 e. The number of hydrogen-bond donors (Lipinski definition) is 6. The van der Waals surface area contributed by atoms with Gasteiger partial charge in [0, 0.05) is 44.3 Å². The smallest absolute Gasteiger partial charge is 0.298 e. The molecule has 4 aromatic carbocycles. The first-order valence-electron chi connectivity index (χ1n) is 20.8. The average Bonchev–Trinajstić information content (AvgIpc) is 4.23. The molecule has 24 heteroatoms. The Morgan fingerprint density at radius 3 is 1.00 bits per heavy atom. The third kappa shape index (κ3) is 9.81. The molecule has 2 aliphatic rings. The second kappa shape index (κ2) is 20.6. The predicted molar refractivity (Wildman–Crippen MR) is 268 cm³/mol. The van der Waals surface area contributed by atoms with E-state index in [2.05, 4.69) is 20.0 Å². The highest BCUT2D eigenvalue weighted by Gasteiger charge is 2.25. The molecule has 0 saturated carbocycles. The molecule has 20 nitrogen and oxygen atoms in total. The second-order valence-electron chi connectivity index (χ2n) is 15.4. The van der Waals surface area contributed by atoms with Crippen LogP contribution in [-0.4, -0.2) is 84.8 Å². The van der Waals surface area contributed by atoms with E-state index in [-0.39, 0.29) is 22.6 Å². The highest BCUT2D eigenvalue weighted by molar-refractivity contribution is 7.95. The summed E-state index contributed by atoms with van der Waals surface area (Å²) in [5, 5.41) is 26.0. The molecule has 5 heterocycles. The number of aromatic nitrogens is 4. The van der Waals surface area contributed by atoms with Crippen molar-refractivity contribution in [3.05, 3.63) is 120 Å². The van der Waals surface area contributed by atoms with E-state index >= 15 is 0 Å². The molecular weight excluding hydrogens is 1020 g/mol. The fraction of sp³-hybridized carbons (Fsp3) is 0.0833. The molecule has 0 spiro atoms. The van der Waals surface area contributed by atoms with Gasteiger partial charge in [-0.1, -0.05) is 34.3 Å². The molecule has 3 aromatic heterocycles. The molecule has 0 unspecified atom stereocenters. The third-order valence-corrected chi connectivity index (χ3v) is 14.4. The van der Waals surface area contributed by atoms with E-state index in [1.807, 2.05) is 12.1 Å². The van der Waals surface area contributed by atoms with Crippen LogP contribution in [0.1, 0.15) is 22.8 Å². The molecule has 9 rings (SSSR count). The largest absolute Gasteiger partial charge is 0.495 e. The topological polar surface area (TPSA) is 280 Å². The van der Waals surface area contributed by atoms with Gasteiger partial charge in [-0.2, -0.15) is 16.8 Å². The van der Waals surface area contributed by atoms with Gasteiger partial charge in [0.05, 0.1) is 85.1 Å². The van der Waals surface area contributed by atoms with Crippen molar-refractivity contribution in [2.24, 2.45) is 0 Å². The van der Waals surface area contributed by atoms with Gasteiger partial charge in [-0.3, -0.25) is 9.11 Å². The summed E-state index contributed by atoms with van der Waals surface area (Å²) < 4.78 is 104. The third-order valence-electron chi connectivity index (χ3n) is 11.4. The summed E-state index contributed by atoms with van der Waals surface area (Å²) in [7, 11) is -4.19. The quantitative estimate of drug-likeness (QED) is 0.0227. The number of hydrogen-bond acceptors (Lipinski definition) is 18. The van der Waals surface area contributed by atoms with Crippen LogP contribution in [-0.2, 0) is 39.0 Å². The normalized spacial score (nSPS) is 12.3. The van der Waals surface area contributed by atoms with Gasteiger partial charge in [-0.05, 0) is 119 Å². The Labute approximate surface area is 418 Å². The number of benzene rings is 4. The maximum atomic E-state index is 12.8. The van der Waals surface area contributed by atoms with Crippen molar-refractivity contribution in [1.29, 1.82) is 0 Å². The van der Waals surface area contributed by atoms with Crippen molar-refractivity contribution in [1.82, 2.24) is 19.9 Å². The fourth-order valence-electron chi connectivity index (χ4n) is 8.39. The number of methoxy groups -OCH3 is 4. The zero-order valence-electron chi connectivity index (χ0n) is 37.8. The van der Waals surface area contributed by atoms with Crippen LogP contribution in [0.25, 0.3) is 90.9 Å². The van der Waals surface area contributed by atoms with E-state index in [1.165, 1.54) is 52.7 Å². The molecule has 0 fully saturated rings. The summed E-state index contributed by atoms with van der Waals surface area (Å²) >= 11 is 1.38. The molecule has 2 aliphatic heterocycles. The Bertz CT molecular complexity index is 3520. The lowest BCUT2D eigenvalue weighted by Gasteiger charge is -2.11. The summed E-state index contributed by atoms with van der Waals surface area (Å²) in [5.74, 6) is 0.554. The van der Waals surface area contributed by atoms with Crippen molar-refractivity contribution in [3.63, 3.8) is 0 Å². The van der Waals surface area contributed by atoms with Crippen LogP contribution in [0.5, 0.6) is 23.0 Å². The SMILES string of the molecule is COc1ccc(-c2c3nc(c(-c4ccc(OC)c(S(=O)(=O)O)c4)c4ccc([nH]4)c(-c4ccc(OC)c(S(=O)(=O)O)c4)c4nc(c(-c5ccc(OC)c(SOOO)c5)c5ccc2[nH]5)C=C4)C=C3)cc1SOOO. The van der Waals surface area contributed by atoms with Crippen LogP contribution in [0.15, 0.2) is 117 Å². The highest BCUT2D eigenvalue weighted by atomic mass is 32.2. The molecule has 0 atom stereocenters. The first kappa shape index (κ1) is 49.9. The number of nitrogens with one attached hydrogen (secondary N) is 2. The maximum absolute atomic E-state index is 12.8. The number of nitrogens with zero attached hydrogens (tertiary/aromatic N) is 2. The average molecular weight is 1060 g/mol. The van der Waals surface area contributed by atoms with E-state index in [1.54, 1.807) is 85.0 Å². The lowest BCUT2D eigenvalue weighted by molar-refractivity contribution is -0.432. The molecule has 0 saturated heterocycles. The monoisotopic (exact) mass is 1050 g/mol. The van der Waals surface area contributed by atoms with Gasteiger partial charge >= 0.3 is 0 Å². The summed E-state index contributed by atoms with van der Waals surface area (Å²) in [6.07, 6.45) is 7.00. The van der Waals surface area contributed by atoms with Gasteiger partial charge in [0.15, 0.2) is 0 Å².